The Hall–Kier alpha value is -3.05. The van der Waals surface area contributed by atoms with Crippen LogP contribution >= 0.6 is 11.8 Å². The summed E-state index contributed by atoms with van der Waals surface area (Å²) < 4.78 is 11.0. The molecule has 1 heterocycles. The summed E-state index contributed by atoms with van der Waals surface area (Å²) in [5.74, 6) is 1.72. The third kappa shape index (κ3) is 3.73. The van der Waals surface area contributed by atoms with Gasteiger partial charge in [-0.1, -0.05) is 58.9 Å². The van der Waals surface area contributed by atoms with E-state index in [1.165, 1.54) is 5.56 Å². The van der Waals surface area contributed by atoms with E-state index in [1.54, 1.807) is 18.9 Å². The molecule has 134 valence electrons. The van der Waals surface area contributed by atoms with Gasteiger partial charge in [-0.25, -0.2) is 0 Å². The van der Waals surface area contributed by atoms with E-state index in [0.717, 1.165) is 20.9 Å². The Morgan fingerprint density at radius 1 is 0.852 bits per heavy atom. The second-order valence-electron chi connectivity index (χ2n) is 6.03. The van der Waals surface area contributed by atoms with E-state index in [4.69, 9.17) is 9.26 Å². The van der Waals surface area contributed by atoms with Crippen LogP contribution < -0.4 is 4.74 Å². The minimum atomic E-state index is 0.492. The highest BCUT2D eigenvalue weighted by Crippen LogP contribution is 2.36. The fourth-order valence-corrected chi connectivity index (χ4v) is 3.68. The topological polar surface area (TPSA) is 48.2 Å². The molecule has 3 aromatic carbocycles. The van der Waals surface area contributed by atoms with Crippen LogP contribution in [0.25, 0.3) is 22.8 Å². The van der Waals surface area contributed by atoms with Gasteiger partial charge in [-0.2, -0.15) is 4.98 Å². The number of benzene rings is 3. The molecule has 0 unspecified atom stereocenters. The van der Waals surface area contributed by atoms with Crippen molar-refractivity contribution in [1.29, 1.82) is 0 Å². The van der Waals surface area contributed by atoms with Crippen LogP contribution in [0, 0.1) is 6.92 Å². The zero-order valence-corrected chi connectivity index (χ0v) is 15.9. The molecule has 0 aliphatic heterocycles. The van der Waals surface area contributed by atoms with E-state index in [0.29, 0.717) is 17.5 Å². The molecule has 4 nitrogen and oxygen atoms in total. The minimum Gasteiger partial charge on any atom is -0.496 e. The van der Waals surface area contributed by atoms with Gasteiger partial charge in [-0.3, -0.25) is 0 Å². The highest BCUT2D eigenvalue weighted by molar-refractivity contribution is 7.99. The number of nitrogens with zero attached hydrogens (tertiary/aromatic N) is 2. The van der Waals surface area contributed by atoms with Gasteiger partial charge >= 0.3 is 0 Å². The van der Waals surface area contributed by atoms with Crippen LogP contribution in [0.2, 0.25) is 0 Å². The predicted molar refractivity (Wildman–Crippen MR) is 107 cm³/mol. The summed E-state index contributed by atoms with van der Waals surface area (Å²) in [6.45, 7) is 2.08. The quantitative estimate of drug-likeness (QED) is 0.437. The minimum absolute atomic E-state index is 0.492. The van der Waals surface area contributed by atoms with E-state index in [9.17, 15) is 0 Å². The van der Waals surface area contributed by atoms with Gasteiger partial charge in [0.15, 0.2) is 0 Å². The van der Waals surface area contributed by atoms with Crippen molar-refractivity contribution in [3.63, 3.8) is 0 Å². The molecular weight excluding hydrogens is 356 g/mol. The molecule has 0 radical (unpaired) electrons. The number of ether oxygens (including phenoxy) is 1. The summed E-state index contributed by atoms with van der Waals surface area (Å²) in [6.07, 6.45) is 0. The number of hydrogen-bond acceptors (Lipinski definition) is 5. The van der Waals surface area contributed by atoms with Crippen LogP contribution in [0.1, 0.15) is 5.56 Å². The lowest BCUT2D eigenvalue weighted by Crippen LogP contribution is -1.89. The van der Waals surface area contributed by atoms with Crippen LogP contribution in [0.4, 0.5) is 0 Å². The lowest BCUT2D eigenvalue weighted by molar-refractivity contribution is 0.413. The third-order valence-electron chi connectivity index (χ3n) is 4.14. The number of para-hydroxylation sites is 1. The molecule has 4 aromatic rings. The molecule has 0 fully saturated rings. The largest absolute Gasteiger partial charge is 0.496 e. The first-order valence-electron chi connectivity index (χ1n) is 8.55. The Morgan fingerprint density at radius 3 is 2.33 bits per heavy atom. The SMILES string of the molecule is COc1ccccc1-c1noc(-c2ccccc2Sc2ccc(C)cc2)n1. The molecular formula is C22H18N2O2S. The lowest BCUT2D eigenvalue weighted by atomic mass is 10.2. The molecule has 0 amide bonds. The smallest absolute Gasteiger partial charge is 0.259 e. The monoisotopic (exact) mass is 374 g/mol. The first-order chi connectivity index (χ1) is 13.2. The van der Waals surface area contributed by atoms with Crippen LogP contribution in [-0.4, -0.2) is 17.3 Å². The van der Waals surface area contributed by atoms with Gasteiger partial charge in [0.05, 0.1) is 18.2 Å². The Kier molecular flexibility index (Phi) is 4.94. The van der Waals surface area contributed by atoms with Crippen molar-refractivity contribution in [3.8, 4) is 28.6 Å². The van der Waals surface area contributed by atoms with Crippen LogP contribution in [0.5, 0.6) is 5.75 Å². The number of aromatic nitrogens is 2. The van der Waals surface area contributed by atoms with Crippen LogP contribution in [-0.2, 0) is 0 Å². The summed E-state index contributed by atoms with van der Waals surface area (Å²) in [5.41, 5.74) is 2.96. The molecule has 0 saturated carbocycles. The molecule has 0 saturated heterocycles. The maximum Gasteiger partial charge on any atom is 0.259 e. The predicted octanol–water partition coefficient (Wildman–Crippen LogP) is 5.87. The number of aryl methyl sites for hydroxylation is 1. The maximum absolute atomic E-state index is 5.57. The number of hydrogen-bond donors (Lipinski definition) is 0. The molecule has 27 heavy (non-hydrogen) atoms. The molecule has 0 N–H and O–H groups in total. The van der Waals surface area contributed by atoms with Gasteiger partial charge < -0.3 is 9.26 Å². The standard InChI is InChI=1S/C22H18N2O2S/c1-15-11-13-16(14-12-15)27-20-10-6-4-8-18(20)22-23-21(24-26-22)17-7-3-5-9-19(17)25-2/h3-14H,1-2H3. The van der Waals surface area contributed by atoms with E-state index in [-0.39, 0.29) is 0 Å². The summed E-state index contributed by atoms with van der Waals surface area (Å²) >= 11 is 1.68. The van der Waals surface area contributed by atoms with Crippen molar-refractivity contribution in [3.05, 3.63) is 78.4 Å². The van der Waals surface area contributed by atoms with E-state index in [2.05, 4.69) is 47.4 Å². The summed E-state index contributed by atoms with van der Waals surface area (Å²) in [5, 5.41) is 4.16. The van der Waals surface area contributed by atoms with Crippen molar-refractivity contribution >= 4 is 11.8 Å². The first kappa shape index (κ1) is 17.4. The van der Waals surface area contributed by atoms with Gasteiger partial charge in [0.25, 0.3) is 5.89 Å². The molecule has 0 aliphatic carbocycles. The number of rotatable bonds is 5. The highest BCUT2D eigenvalue weighted by Gasteiger charge is 2.16. The highest BCUT2D eigenvalue weighted by atomic mass is 32.2. The molecule has 1 aromatic heterocycles. The second-order valence-corrected chi connectivity index (χ2v) is 7.15. The van der Waals surface area contributed by atoms with Crippen LogP contribution in [0.15, 0.2) is 87.1 Å². The zero-order chi connectivity index (χ0) is 18.6. The molecule has 0 bridgehead atoms. The van der Waals surface area contributed by atoms with E-state index in [1.807, 2.05) is 42.5 Å². The molecule has 0 aliphatic rings. The molecule has 0 atom stereocenters. The Morgan fingerprint density at radius 2 is 1.56 bits per heavy atom. The fourth-order valence-electron chi connectivity index (χ4n) is 2.74. The van der Waals surface area contributed by atoms with Crippen molar-refractivity contribution in [1.82, 2.24) is 10.1 Å². The average molecular weight is 374 g/mol. The Bertz CT molecular complexity index is 1060. The normalized spacial score (nSPS) is 10.7. The summed E-state index contributed by atoms with van der Waals surface area (Å²) in [6, 6.07) is 24.1. The summed E-state index contributed by atoms with van der Waals surface area (Å²) in [4.78, 5) is 6.84. The van der Waals surface area contributed by atoms with E-state index < -0.39 is 0 Å². The third-order valence-corrected chi connectivity index (χ3v) is 5.22. The van der Waals surface area contributed by atoms with Gasteiger partial charge in [0.2, 0.25) is 5.82 Å². The van der Waals surface area contributed by atoms with Gasteiger partial charge in [-0.15, -0.1) is 0 Å². The van der Waals surface area contributed by atoms with Crippen molar-refractivity contribution in [2.75, 3.05) is 7.11 Å². The second kappa shape index (κ2) is 7.68. The maximum atomic E-state index is 5.57. The van der Waals surface area contributed by atoms with Crippen molar-refractivity contribution < 1.29 is 9.26 Å². The van der Waals surface area contributed by atoms with E-state index >= 15 is 0 Å². The zero-order valence-electron chi connectivity index (χ0n) is 15.0. The Labute approximate surface area is 162 Å². The lowest BCUT2D eigenvalue weighted by Gasteiger charge is -2.06. The average Bonchev–Trinajstić information content (AvgIpc) is 3.20. The fraction of sp³-hybridized carbons (Fsp3) is 0.0909. The van der Waals surface area contributed by atoms with Crippen molar-refractivity contribution in [2.45, 2.75) is 16.7 Å². The van der Waals surface area contributed by atoms with Gasteiger partial charge in [-0.05, 0) is 43.3 Å². The van der Waals surface area contributed by atoms with Gasteiger partial charge in [0, 0.05) is 9.79 Å². The van der Waals surface area contributed by atoms with Crippen LogP contribution in [0.3, 0.4) is 0 Å². The molecule has 0 spiro atoms. The first-order valence-corrected chi connectivity index (χ1v) is 9.37. The Balaban J connectivity index is 1.69. The molecule has 4 rings (SSSR count). The van der Waals surface area contributed by atoms with Crippen molar-refractivity contribution in [2.24, 2.45) is 0 Å². The number of methoxy groups -OCH3 is 1. The van der Waals surface area contributed by atoms with Gasteiger partial charge in [0.1, 0.15) is 5.75 Å². The summed E-state index contributed by atoms with van der Waals surface area (Å²) in [7, 11) is 1.63. The molecule has 5 heteroatoms.